The van der Waals surface area contributed by atoms with Crippen molar-refractivity contribution in [2.75, 3.05) is 20.8 Å². The second kappa shape index (κ2) is 17.1. The third-order valence-electron chi connectivity index (χ3n) is 12.4. The Morgan fingerprint density at radius 1 is 0.814 bits per heavy atom. The molecule has 0 radical (unpaired) electrons. The van der Waals surface area contributed by atoms with Gasteiger partial charge >= 0.3 is 12.2 Å². The molecule has 13 nitrogen and oxygen atoms in total. The molecule has 8 rings (SSSR count). The molecule has 3 aliphatic heterocycles. The molecule has 6 atom stereocenters. The van der Waals surface area contributed by atoms with Crippen LogP contribution in [0, 0.1) is 11.8 Å². The predicted molar refractivity (Wildman–Crippen MR) is 228 cm³/mol. The van der Waals surface area contributed by atoms with Gasteiger partial charge in [0, 0.05) is 36.5 Å². The molecule has 1 aliphatic carbocycles. The molecule has 3 fully saturated rings. The van der Waals surface area contributed by atoms with Gasteiger partial charge in [-0.3, -0.25) is 14.6 Å². The molecule has 4 aromatic rings. The SMILES string of the molecule is C.COC(=O)N[C@@H](C)C(=O)N1CCC[C@H]1C1=NC=C(c2ccc(-c3ccc4cc(-c5cnc([C@@H]6[C@H]7CC[C@H](C7)N6C(=O)[C@@H](NC(=O)OC)C(C)C)[nH]5)ccc4c3)cc2)C1. The average molecular weight is 802 g/mol. The number of piperidine rings is 1. The number of amides is 4. The number of hydrogen-bond acceptors (Lipinski definition) is 8. The van der Waals surface area contributed by atoms with Crippen molar-refractivity contribution < 1.29 is 28.7 Å². The lowest BCUT2D eigenvalue weighted by Gasteiger charge is -2.37. The second-order valence-electron chi connectivity index (χ2n) is 16.3. The first kappa shape index (κ1) is 41.2. The van der Waals surface area contributed by atoms with E-state index in [0.29, 0.717) is 18.9 Å². The number of carbonyl (C=O) groups excluding carboxylic acids is 4. The van der Waals surface area contributed by atoms with E-state index in [-0.39, 0.29) is 43.3 Å². The average Bonchev–Trinajstić information content (AvgIpc) is 4.10. The van der Waals surface area contributed by atoms with Crippen molar-refractivity contribution in [1.82, 2.24) is 30.4 Å². The van der Waals surface area contributed by atoms with Crippen molar-refractivity contribution in [3.8, 4) is 22.4 Å². The molecular weight excluding hydrogens is 747 g/mol. The van der Waals surface area contributed by atoms with Crippen molar-refractivity contribution in [3.63, 3.8) is 0 Å². The number of methoxy groups -OCH3 is 2. The van der Waals surface area contributed by atoms with Gasteiger partial charge in [0.25, 0.3) is 0 Å². The number of hydrogen-bond donors (Lipinski definition) is 3. The molecule has 4 amide bonds. The van der Waals surface area contributed by atoms with Gasteiger partial charge in [-0.15, -0.1) is 0 Å². The van der Waals surface area contributed by atoms with Crippen LogP contribution in [-0.4, -0.2) is 94.4 Å². The van der Waals surface area contributed by atoms with Crippen LogP contribution >= 0.6 is 0 Å². The van der Waals surface area contributed by atoms with Gasteiger partial charge in [-0.05, 0) is 96.0 Å². The molecule has 3 aromatic carbocycles. The van der Waals surface area contributed by atoms with Crippen molar-refractivity contribution >= 4 is 46.1 Å². The van der Waals surface area contributed by atoms with E-state index in [2.05, 4.69) is 81.0 Å². The van der Waals surface area contributed by atoms with Crippen LogP contribution in [0.1, 0.15) is 84.2 Å². The fraction of sp³-hybridized carbons (Fsp3) is 0.435. The Bertz CT molecular complexity index is 2300. The Morgan fingerprint density at radius 3 is 2.19 bits per heavy atom. The lowest BCUT2D eigenvalue weighted by molar-refractivity contribution is -0.139. The molecule has 1 saturated carbocycles. The van der Waals surface area contributed by atoms with E-state index in [1.165, 1.54) is 14.2 Å². The van der Waals surface area contributed by atoms with Gasteiger partial charge in [-0.2, -0.15) is 0 Å². The third kappa shape index (κ3) is 8.07. The molecular formula is C46H55N7O6. The number of carbonyl (C=O) groups is 4. The Morgan fingerprint density at radius 2 is 1.47 bits per heavy atom. The van der Waals surface area contributed by atoms with Crippen molar-refractivity contribution in [2.24, 2.45) is 16.8 Å². The van der Waals surface area contributed by atoms with Crippen molar-refractivity contribution in [3.05, 3.63) is 84.4 Å². The summed E-state index contributed by atoms with van der Waals surface area (Å²) >= 11 is 0. The Kier molecular flexibility index (Phi) is 11.9. The summed E-state index contributed by atoms with van der Waals surface area (Å²) in [5.41, 5.74) is 7.32. The molecule has 13 heteroatoms. The molecule has 2 saturated heterocycles. The number of nitrogens with one attached hydrogen (secondary N) is 3. The van der Waals surface area contributed by atoms with Crippen LogP contribution in [-0.2, 0) is 19.1 Å². The van der Waals surface area contributed by atoms with Crippen LogP contribution in [0.15, 0.2) is 78.1 Å². The molecule has 0 spiro atoms. The van der Waals surface area contributed by atoms with Crippen LogP contribution in [0.4, 0.5) is 9.59 Å². The molecule has 310 valence electrons. The fourth-order valence-electron chi connectivity index (χ4n) is 9.37. The van der Waals surface area contributed by atoms with E-state index in [9.17, 15) is 19.2 Å². The molecule has 2 bridgehead atoms. The number of aromatic amines is 1. The van der Waals surface area contributed by atoms with E-state index in [0.717, 1.165) is 87.9 Å². The number of rotatable bonds is 10. The minimum absolute atomic E-state index is 0. The van der Waals surface area contributed by atoms with Crippen LogP contribution < -0.4 is 10.6 Å². The summed E-state index contributed by atoms with van der Waals surface area (Å²) in [6, 6.07) is 20.0. The zero-order valence-electron chi connectivity index (χ0n) is 33.7. The number of fused-ring (bicyclic) bond motifs is 3. The second-order valence-corrected chi connectivity index (χ2v) is 16.3. The maximum Gasteiger partial charge on any atom is 0.407 e. The van der Waals surface area contributed by atoms with E-state index in [1.54, 1.807) is 6.92 Å². The number of aromatic nitrogens is 2. The number of nitrogens with zero attached hydrogens (tertiary/aromatic N) is 4. The monoisotopic (exact) mass is 801 g/mol. The zero-order valence-corrected chi connectivity index (χ0v) is 33.7. The standard InChI is InChI=1S/C45H51N7O6.CH4/c1-25(2)39(50-45(56)58-5)43(54)52-35-17-16-33(21-35)40(52)41-47-24-37(49-41)32-15-14-30-19-29(12-13-31(30)20-32)27-8-10-28(11-9-27)34-22-36(46-23-34)38-7-6-18-51(38)42(53)26(3)48-44(55)57-4;/h8-15,19-20,23-26,33,35,38-40H,6-7,16-18,21-22H2,1-5H3,(H,47,49)(H,48,55)(H,50,56);1H4/t26-,33-,35+,38-,39-,40-;/m0./s1. The molecule has 4 heterocycles. The Balaban J connectivity index is 0.00000528. The smallest absolute Gasteiger partial charge is 0.407 e. The molecule has 1 aromatic heterocycles. The largest absolute Gasteiger partial charge is 0.453 e. The lowest BCUT2D eigenvalue weighted by Crippen LogP contribution is -2.54. The highest BCUT2D eigenvalue weighted by Gasteiger charge is 2.51. The number of alkyl carbamates (subject to hydrolysis) is 2. The minimum Gasteiger partial charge on any atom is -0.453 e. The van der Waals surface area contributed by atoms with Crippen molar-refractivity contribution in [2.45, 2.75) is 96.9 Å². The van der Waals surface area contributed by atoms with Gasteiger partial charge in [-0.1, -0.05) is 69.8 Å². The fourth-order valence-corrected chi connectivity index (χ4v) is 9.37. The zero-order chi connectivity index (χ0) is 40.7. The van der Waals surface area contributed by atoms with Gasteiger partial charge < -0.3 is 34.9 Å². The number of benzene rings is 3. The van der Waals surface area contributed by atoms with E-state index in [4.69, 9.17) is 14.7 Å². The Hall–Kier alpha value is -5.98. The molecule has 3 N–H and O–H groups in total. The van der Waals surface area contributed by atoms with Crippen molar-refractivity contribution in [1.29, 1.82) is 0 Å². The quantitative estimate of drug-likeness (QED) is 0.147. The molecule has 4 aliphatic rings. The van der Waals surface area contributed by atoms with Crippen LogP contribution in [0.5, 0.6) is 0 Å². The van der Waals surface area contributed by atoms with E-state index in [1.807, 2.05) is 36.0 Å². The number of allylic oxidation sites excluding steroid dienone is 1. The minimum atomic E-state index is -0.679. The maximum atomic E-state index is 14.0. The first-order chi connectivity index (χ1) is 28.0. The summed E-state index contributed by atoms with van der Waals surface area (Å²) in [7, 11) is 2.59. The highest BCUT2D eigenvalue weighted by atomic mass is 16.5. The summed E-state index contributed by atoms with van der Waals surface area (Å²) in [6.45, 7) is 6.18. The third-order valence-corrected chi connectivity index (χ3v) is 12.4. The first-order valence-electron chi connectivity index (χ1n) is 20.3. The summed E-state index contributed by atoms with van der Waals surface area (Å²) in [4.78, 5) is 67.9. The highest BCUT2D eigenvalue weighted by Crippen LogP contribution is 2.50. The van der Waals surface area contributed by atoms with Gasteiger partial charge in [0.15, 0.2) is 0 Å². The molecule has 59 heavy (non-hydrogen) atoms. The van der Waals surface area contributed by atoms with E-state index >= 15 is 0 Å². The number of aliphatic imine (C=N–C) groups is 1. The number of H-pyrrole nitrogens is 1. The first-order valence-corrected chi connectivity index (χ1v) is 20.3. The summed E-state index contributed by atoms with van der Waals surface area (Å²) in [6.07, 6.45) is 7.90. The normalized spacial score (nSPS) is 21.8. The van der Waals surface area contributed by atoms with Crippen LogP contribution in [0.2, 0.25) is 0 Å². The van der Waals surface area contributed by atoms with Gasteiger partial charge in [-0.25, -0.2) is 14.6 Å². The number of imidazole rings is 1. The molecule has 0 unspecified atom stereocenters. The summed E-state index contributed by atoms with van der Waals surface area (Å²) in [5.74, 6) is 0.780. The maximum absolute atomic E-state index is 14.0. The Labute approximate surface area is 345 Å². The topological polar surface area (TPSA) is 158 Å². The number of likely N-dealkylation sites (tertiary alicyclic amines) is 2. The van der Waals surface area contributed by atoms with Crippen LogP contribution in [0.25, 0.3) is 38.7 Å². The summed E-state index contributed by atoms with van der Waals surface area (Å²) in [5, 5.41) is 7.58. The highest BCUT2D eigenvalue weighted by molar-refractivity contribution is 6.04. The van der Waals surface area contributed by atoms with Gasteiger partial charge in [0.2, 0.25) is 11.8 Å². The van der Waals surface area contributed by atoms with Gasteiger partial charge in [0.1, 0.15) is 17.9 Å². The van der Waals surface area contributed by atoms with E-state index < -0.39 is 24.3 Å². The summed E-state index contributed by atoms with van der Waals surface area (Å²) < 4.78 is 9.50. The number of ether oxygens (including phenoxy) is 2. The van der Waals surface area contributed by atoms with Crippen LogP contribution in [0.3, 0.4) is 0 Å². The lowest BCUT2D eigenvalue weighted by atomic mass is 9.95. The van der Waals surface area contributed by atoms with Gasteiger partial charge in [0.05, 0.1) is 38.2 Å². The predicted octanol–water partition coefficient (Wildman–Crippen LogP) is 7.89.